The summed E-state index contributed by atoms with van der Waals surface area (Å²) in [6.45, 7) is 6.88. The van der Waals surface area contributed by atoms with Crippen molar-refractivity contribution in [2.45, 2.75) is 153 Å². The van der Waals surface area contributed by atoms with Crippen LogP contribution in [0, 0.1) is 11.8 Å². The Hall–Kier alpha value is -8.98. The van der Waals surface area contributed by atoms with E-state index in [1.165, 1.54) is 24.3 Å². The highest BCUT2D eigenvalue weighted by molar-refractivity contribution is 5.99. The molecule has 0 aromatic heterocycles. The summed E-state index contributed by atoms with van der Waals surface area (Å²) in [7, 11) is 0. The van der Waals surface area contributed by atoms with Gasteiger partial charge < -0.3 is 80.8 Å². The van der Waals surface area contributed by atoms with Crippen LogP contribution in [0.2, 0.25) is 0 Å². The summed E-state index contributed by atoms with van der Waals surface area (Å²) in [6, 6.07) is 8.71. The maximum Gasteiger partial charge on any atom is 0.326 e. The number of aliphatic carboxylic acids is 2. The molecule has 0 fully saturated rings. The van der Waals surface area contributed by atoms with Crippen molar-refractivity contribution in [3.8, 4) is 5.75 Å². The van der Waals surface area contributed by atoms with Crippen molar-refractivity contribution < 1.29 is 72.9 Å². The van der Waals surface area contributed by atoms with E-state index in [1.54, 1.807) is 88.4 Å². The average molecular weight is 1170 g/mol. The van der Waals surface area contributed by atoms with Crippen molar-refractivity contribution >= 4 is 71.0 Å². The number of nitrogens with two attached hydrogens (primary N) is 4. The lowest BCUT2D eigenvalue weighted by Crippen LogP contribution is -2.61. The Balaban J connectivity index is 1.93. The first-order valence-electron chi connectivity index (χ1n) is 27.4. The number of aromatic hydroxyl groups is 1. The third-order valence-corrected chi connectivity index (χ3v) is 13.1. The van der Waals surface area contributed by atoms with Crippen LogP contribution in [0.4, 0.5) is 0 Å². The standard InChI is InChI=1S/C57H80N12O15/c1-31(2)25-40(52(78)68-44(57(83)84)28-34-15-9-6-10-16-34)65-51(77)39(22-23-45(60)71)62-50(76)38(17-11-12-24-58)63-56(82)48(32(3)4)69-55(81)42(26-33-13-7-5-8-14-33)66-54(80)43(30-46(61)72)67-53(79)41(27-35-18-20-36(70)21-19-35)64-49(75)37(59)29-47(73)74/h5-10,13-16,18-21,31-32,37-44,48,70H,11-12,17,22-30,58-59H2,1-4H3,(H2,60,71)(H2,61,72)(H,62,76)(H,63,82)(H,64,75)(H,65,77)(H,66,80)(H,67,79)(H,68,78)(H,69,81)(H,73,74)(H,83,84)/t37-,38-,39-,40-,41-,42-,43-,44-,48-/m0/s1. The van der Waals surface area contributed by atoms with Crippen molar-refractivity contribution in [2.24, 2.45) is 34.8 Å². The molecule has 0 saturated heterocycles. The van der Waals surface area contributed by atoms with Crippen molar-refractivity contribution in [1.29, 1.82) is 0 Å². The second-order valence-corrected chi connectivity index (χ2v) is 21.0. The molecule has 0 heterocycles. The zero-order chi connectivity index (χ0) is 62.6. The number of amides is 10. The van der Waals surface area contributed by atoms with Gasteiger partial charge in [-0.2, -0.15) is 0 Å². The molecule has 27 heteroatoms. The summed E-state index contributed by atoms with van der Waals surface area (Å²) in [4.78, 5) is 160. The Morgan fingerprint density at radius 3 is 1.36 bits per heavy atom. The van der Waals surface area contributed by atoms with Gasteiger partial charge in [-0.15, -0.1) is 0 Å². The van der Waals surface area contributed by atoms with Gasteiger partial charge in [0.1, 0.15) is 54.1 Å². The third-order valence-electron chi connectivity index (χ3n) is 13.1. The lowest BCUT2D eigenvalue weighted by molar-refractivity contribution is -0.142. The predicted octanol–water partition coefficient (Wildman–Crippen LogP) is -1.84. The number of hydrogen-bond donors (Lipinski definition) is 15. The van der Waals surface area contributed by atoms with Crippen LogP contribution in [0.25, 0.3) is 0 Å². The molecule has 27 nitrogen and oxygen atoms in total. The van der Waals surface area contributed by atoms with E-state index in [0.29, 0.717) is 23.1 Å². The van der Waals surface area contributed by atoms with Crippen LogP contribution in [0.3, 0.4) is 0 Å². The van der Waals surface area contributed by atoms with Gasteiger partial charge in [-0.25, -0.2) is 4.79 Å². The number of phenols is 1. The fourth-order valence-electron chi connectivity index (χ4n) is 8.59. The van der Waals surface area contributed by atoms with Crippen LogP contribution in [0.15, 0.2) is 84.9 Å². The van der Waals surface area contributed by atoms with Gasteiger partial charge in [0, 0.05) is 25.7 Å². The minimum absolute atomic E-state index is 0.0330. The molecule has 3 aromatic carbocycles. The van der Waals surface area contributed by atoms with E-state index < -0.39 is 151 Å². The van der Waals surface area contributed by atoms with Crippen LogP contribution >= 0.6 is 0 Å². The minimum Gasteiger partial charge on any atom is -0.508 e. The smallest absolute Gasteiger partial charge is 0.326 e. The highest BCUT2D eigenvalue weighted by atomic mass is 16.4. The van der Waals surface area contributed by atoms with Crippen LogP contribution in [-0.2, 0) is 76.8 Å². The van der Waals surface area contributed by atoms with E-state index >= 15 is 0 Å². The van der Waals surface area contributed by atoms with Gasteiger partial charge in [-0.1, -0.05) is 100 Å². The van der Waals surface area contributed by atoms with Crippen molar-refractivity contribution in [3.63, 3.8) is 0 Å². The van der Waals surface area contributed by atoms with Gasteiger partial charge in [0.15, 0.2) is 0 Å². The summed E-state index contributed by atoms with van der Waals surface area (Å²) >= 11 is 0. The number of nitrogens with one attached hydrogen (secondary N) is 8. The fraction of sp³-hybridized carbons (Fsp3) is 0.474. The summed E-state index contributed by atoms with van der Waals surface area (Å²) in [5, 5.41) is 49.2. The lowest BCUT2D eigenvalue weighted by Gasteiger charge is -2.29. The molecular formula is C57H80N12O15. The Labute approximate surface area is 486 Å². The fourth-order valence-corrected chi connectivity index (χ4v) is 8.59. The number of carboxylic acids is 2. The number of unbranched alkanes of at least 4 members (excludes halogenated alkanes) is 1. The van der Waals surface area contributed by atoms with Gasteiger partial charge in [-0.05, 0) is 79.3 Å². The van der Waals surface area contributed by atoms with Crippen molar-refractivity contribution in [3.05, 3.63) is 102 Å². The van der Waals surface area contributed by atoms with Gasteiger partial charge in [0.25, 0.3) is 0 Å². The molecule has 3 rings (SSSR count). The molecule has 0 aliphatic carbocycles. The zero-order valence-electron chi connectivity index (χ0n) is 47.5. The van der Waals surface area contributed by atoms with Crippen LogP contribution in [0.1, 0.15) is 95.8 Å². The first-order chi connectivity index (χ1) is 39.7. The maximum atomic E-state index is 14.5. The summed E-state index contributed by atoms with van der Waals surface area (Å²) in [6.07, 6.45) is -2.35. The maximum absolute atomic E-state index is 14.5. The van der Waals surface area contributed by atoms with Gasteiger partial charge in [0.05, 0.1) is 18.9 Å². The molecule has 3 aromatic rings. The van der Waals surface area contributed by atoms with Crippen LogP contribution < -0.4 is 65.5 Å². The quantitative estimate of drug-likeness (QED) is 0.0282. The van der Waals surface area contributed by atoms with Crippen molar-refractivity contribution in [2.75, 3.05) is 6.54 Å². The number of carboxylic acid groups (broad SMARTS) is 2. The Morgan fingerprint density at radius 2 is 0.869 bits per heavy atom. The van der Waals surface area contributed by atoms with Gasteiger partial charge in [-0.3, -0.25) is 52.7 Å². The molecule has 9 atom stereocenters. The molecule has 0 radical (unpaired) electrons. The van der Waals surface area contributed by atoms with Gasteiger partial charge in [0.2, 0.25) is 59.1 Å². The van der Waals surface area contributed by atoms with E-state index in [4.69, 9.17) is 22.9 Å². The first-order valence-corrected chi connectivity index (χ1v) is 27.4. The molecule has 0 saturated carbocycles. The topological polar surface area (TPSA) is 466 Å². The van der Waals surface area contributed by atoms with E-state index in [9.17, 15) is 72.9 Å². The summed E-state index contributed by atoms with van der Waals surface area (Å²) in [5.41, 5.74) is 24.0. The molecule has 0 aliphatic rings. The number of rotatable bonds is 37. The highest BCUT2D eigenvalue weighted by Crippen LogP contribution is 2.15. The predicted molar refractivity (Wildman–Crippen MR) is 305 cm³/mol. The SMILES string of the molecule is CC(C)C[C@H](NC(=O)[C@H](CCC(N)=O)NC(=O)[C@H](CCCCN)NC(=O)[C@@H](NC(=O)[C@H](Cc1ccccc1)NC(=O)[C@H](CC(N)=O)NC(=O)[C@H](Cc1ccc(O)cc1)NC(=O)[C@@H](N)CC(=O)O)C(C)C)C(=O)N[C@@H](Cc1ccccc1)C(=O)O. The number of carbonyl (C=O) groups is 12. The molecule has 0 bridgehead atoms. The number of primary amides is 2. The third kappa shape index (κ3) is 25.0. The normalized spacial score (nSPS) is 14.3. The average Bonchev–Trinajstić information content (AvgIpc) is 3.37. The number of benzene rings is 3. The molecule has 0 spiro atoms. The number of hydrogen-bond acceptors (Lipinski definition) is 15. The Bertz CT molecular complexity index is 2730. The molecular weight excluding hydrogens is 1090 g/mol. The second-order valence-electron chi connectivity index (χ2n) is 21.0. The zero-order valence-corrected chi connectivity index (χ0v) is 47.5. The second kappa shape index (κ2) is 35.1. The number of phenolic OH excluding ortho intramolecular Hbond substituents is 1. The van der Waals surface area contributed by atoms with Gasteiger partial charge >= 0.3 is 11.9 Å². The lowest BCUT2D eigenvalue weighted by atomic mass is 9.99. The molecule has 0 unspecified atom stereocenters. The Kier molecular flexibility index (Phi) is 29.0. The first kappa shape index (κ1) is 69.3. The van der Waals surface area contributed by atoms with Crippen LogP contribution in [-0.4, -0.2) is 147 Å². The molecule has 0 aliphatic heterocycles. The van der Waals surface area contributed by atoms with E-state index in [2.05, 4.69) is 42.5 Å². The monoisotopic (exact) mass is 1170 g/mol. The van der Waals surface area contributed by atoms with E-state index in [-0.39, 0.29) is 63.2 Å². The van der Waals surface area contributed by atoms with E-state index in [1.807, 2.05) is 0 Å². The highest BCUT2D eigenvalue weighted by Gasteiger charge is 2.37. The molecule has 458 valence electrons. The van der Waals surface area contributed by atoms with Crippen molar-refractivity contribution in [1.82, 2.24) is 42.5 Å². The number of carbonyl (C=O) groups excluding carboxylic acids is 10. The van der Waals surface area contributed by atoms with Crippen LogP contribution in [0.5, 0.6) is 5.75 Å². The molecule has 10 amide bonds. The summed E-state index contributed by atoms with van der Waals surface area (Å²) < 4.78 is 0. The largest absolute Gasteiger partial charge is 0.508 e. The Morgan fingerprint density at radius 1 is 0.452 bits per heavy atom. The molecule has 84 heavy (non-hydrogen) atoms. The van der Waals surface area contributed by atoms with E-state index in [0.717, 1.165) is 0 Å². The summed E-state index contributed by atoms with van der Waals surface area (Å²) in [5.74, 6) is -13.4. The molecule has 19 N–H and O–H groups in total. The minimum atomic E-state index is -1.80.